The van der Waals surface area contributed by atoms with Gasteiger partial charge >= 0.3 is 0 Å². The monoisotopic (exact) mass is 194 g/mol. The standard InChI is InChI=1S/C11H14OS/c1-2-3-11(12)10-6-4-9(8-13)5-7-10/h2,4-7,11-13H,1,3,8H2. The van der Waals surface area contributed by atoms with E-state index in [1.165, 1.54) is 0 Å². The Balaban J connectivity index is 2.73. The summed E-state index contributed by atoms with van der Waals surface area (Å²) in [6.07, 6.45) is 1.89. The summed E-state index contributed by atoms with van der Waals surface area (Å²) in [6, 6.07) is 7.82. The second-order valence-corrected chi connectivity index (χ2v) is 3.26. The number of rotatable bonds is 4. The van der Waals surface area contributed by atoms with Crippen LogP contribution in [-0.2, 0) is 5.75 Å². The molecule has 1 nitrogen and oxygen atoms in total. The summed E-state index contributed by atoms with van der Waals surface area (Å²) >= 11 is 4.16. The number of aliphatic hydroxyl groups is 1. The van der Waals surface area contributed by atoms with Crippen LogP contribution in [0.5, 0.6) is 0 Å². The summed E-state index contributed by atoms with van der Waals surface area (Å²) in [6.45, 7) is 3.59. The topological polar surface area (TPSA) is 20.2 Å². The molecule has 0 aliphatic rings. The van der Waals surface area contributed by atoms with Gasteiger partial charge in [-0.2, -0.15) is 12.6 Å². The van der Waals surface area contributed by atoms with E-state index >= 15 is 0 Å². The van der Waals surface area contributed by atoms with E-state index < -0.39 is 6.10 Å². The van der Waals surface area contributed by atoms with Gasteiger partial charge in [-0.15, -0.1) is 6.58 Å². The van der Waals surface area contributed by atoms with Crippen molar-refractivity contribution >= 4 is 12.6 Å². The normalized spacial score (nSPS) is 12.5. The Bertz CT molecular complexity index is 266. The van der Waals surface area contributed by atoms with Crippen LogP contribution in [-0.4, -0.2) is 5.11 Å². The van der Waals surface area contributed by atoms with Gasteiger partial charge in [0.05, 0.1) is 6.10 Å². The lowest BCUT2D eigenvalue weighted by Crippen LogP contribution is -1.95. The quantitative estimate of drug-likeness (QED) is 0.558. The fourth-order valence-corrected chi connectivity index (χ4v) is 1.35. The third kappa shape index (κ3) is 2.90. The predicted octanol–water partition coefficient (Wildman–Crippen LogP) is 2.73. The summed E-state index contributed by atoms with van der Waals surface area (Å²) in [5.74, 6) is 0.734. The predicted molar refractivity (Wildman–Crippen MR) is 58.9 cm³/mol. The maximum atomic E-state index is 9.59. The van der Waals surface area contributed by atoms with Gasteiger partial charge in [-0.05, 0) is 17.5 Å². The Morgan fingerprint density at radius 3 is 2.46 bits per heavy atom. The van der Waals surface area contributed by atoms with Crippen molar-refractivity contribution in [1.29, 1.82) is 0 Å². The van der Waals surface area contributed by atoms with Crippen LogP contribution in [0.1, 0.15) is 23.7 Å². The van der Waals surface area contributed by atoms with Crippen LogP contribution in [0.2, 0.25) is 0 Å². The maximum Gasteiger partial charge on any atom is 0.0824 e. The van der Waals surface area contributed by atoms with Crippen LogP contribution in [0.15, 0.2) is 36.9 Å². The molecule has 0 aliphatic carbocycles. The van der Waals surface area contributed by atoms with E-state index in [9.17, 15) is 5.11 Å². The molecule has 0 amide bonds. The van der Waals surface area contributed by atoms with Gasteiger partial charge in [0.15, 0.2) is 0 Å². The number of aliphatic hydroxyl groups excluding tert-OH is 1. The maximum absolute atomic E-state index is 9.59. The molecule has 1 rings (SSSR count). The van der Waals surface area contributed by atoms with Crippen molar-refractivity contribution in [1.82, 2.24) is 0 Å². The van der Waals surface area contributed by atoms with E-state index in [2.05, 4.69) is 19.2 Å². The van der Waals surface area contributed by atoms with Crippen molar-refractivity contribution in [2.75, 3.05) is 0 Å². The first-order chi connectivity index (χ1) is 6.27. The molecule has 1 atom stereocenters. The number of hydrogen-bond donors (Lipinski definition) is 2. The van der Waals surface area contributed by atoms with Crippen LogP contribution < -0.4 is 0 Å². The third-order valence-corrected chi connectivity index (χ3v) is 2.30. The third-order valence-electron chi connectivity index (χ3n) is 1.94. The molecule has 0 saturated heterocycles. The molecule has 0 bridgehead atoms. The summed E-state index contributed by atoms with van der Waals surface area (Å²) < 4.78 is 0. The van der Waals surface area contributed by atoms with Crippen molar-refractivity contribution in [3.8, 4) is 0 Å². The minimum atomic E-state index is -0.425. The van der Waals surface area contributed by atoms with Crippen LogP contribution in [0.4, 0.5) is 0 Å². The molecular weight excluding hydrogens is 180 g/mol. The lowest BCUT2D eigenvalue weighted by molar-refractivity contribution is 0.181. The van der Waals surface area contributed by atoms with Crippen LogP contribution in [0, 0.1) is 0 Å². The van der Waals surface area contributed by atoms with Crippen LogP contribution >= 0.6 is 12.6 Å². The number of thiol groups is 1. The van der Waals surface area contributed by atoms with Crippen molar-refractivity contribution in [2.24, 2.45) is 0 Å². The highest BCUT2D eigenvalue weighted by molar-refractivity contribution is 7.79. The van der Waals surface area contributed by atoms with Gasteiger partial charge in [-0.25, -0.2) is 0 Å². The van der Waals surface area contributed by atoms with Crippen molar-refractivity contribution in [3.05, 3.63) is 48.0 Å². The Morgan fingerprint density at radius 2 is 2.00 bits per heavy atom. The highest BCUT2D eigenvalue weighted by Gasteiger charge is 2.03. The zero-order valence-electron chi connectivity index (χ0n) is 7.48. The summed E-state index contributed by atoms with van der Waals surface area (Å²) in [4.78, 5) is 0. The van der Waals surface area contributed by atoms with Crippen molar-refractivity contribution < 1.29 is 5.11 Å². The summed E-state index contributed by atoms with van der Waals surface area (Å²) in [5.41, 5.74) is 2.10. The molecule has 0 saturated carbocycles. The first kappa shape index (κ1) is 10.4. The molecule has 1 aromatic carbocycles. The van der Waals surface area contributed by atoms with Crippen LogP contribution in [0.3, 0.4) is 0 Å². The fourth-order valence-electron chi connectivity index (χ4n) is 1.14. The second-order valence-electron chi connectivity index (χ2n) is 2.94. The highest BCUT2D eigenvalue weighted by Crippen LogP contribution is 2.17. The molecule has 2 heteroatoms. The van der Waals surface area contributed by atoms with E-state index in [-0.39, 0.29) is 0 Å². The van der Waals surface area contributed by atoms with Crippen molar-refractivity contribution in [2.45, 2.75) is 18.3 Å². The van der Waals surface area contributed by atoms with Crippen LogP contribution in [0.25, 0.3) is 0 Å². The summed E-state index contributed by atoms with van der Waals surface area (Å²) in [5, 5.41) is 9.59. The smallest absolute Gasteiger partial charge is 0.0824 e. The van der Waals surface area contributed by atoms with Gasteiger partial charge in [0.25, 0.3) is 0 Å². The molecule has 0 aromatic heterocycles. The minimum absolute atomic E-state index is 0.425. The lowest BCUT2D eigenvalue weighted by atomic mass is 10.1. The highest BCUT2D eigenvalue weighted by atomic mass is 32.1. The van der Waals surface area contributed by atoms with E-state index in [0.29, 0.717) is 6.42 Å². The average molecular weight is 194 g/mol. The van der Waals surface area contributed by atoms with Gasteiger partial charge < -0.3 is 5.11 Å². The van der Waals surface area contributed by atoms with E-state index in [4.69, 9.17) is 0 Å². The average Bonchev–Trinajstić information content (AvgIpc) is 2.18. The largest absolute Gasteiger partial charge is 0.388 e. The lowest BCUT2D eigenvalue weighted by Gasteiger charge is -2.08. The SMILES string of the molecule is C=CCC(O)c1ccc(CS)cc1. The summed E-state index contributed by atoms with van der Waals surface area (Å²) in [7, 11) is 0. The van der Waals surface area contributed by atoms with Gasteiger partial charge in [-0.3, -0.25) is 0 Å². The second kappa shape index (κ2) is 5.10. The van der Waals surface area contributed by atoms with Gasteiger partial charge in [-0.1, -0.05) is 30.3 Å². The van der Waals surface area contributed by atoms with Gasteiger partial charge in [0.1, 0.15) is 0 Å². The molecule has 1 aromatic rings. The van der Waals surface area contributed by atoms with E-state index in [1.54, 1.807) is 6.08 Å². The van der Waals surface area contributed by atoms with Crippen molar-refractivity contribution in [3.63, 3.8) is 0 Å². The molecule has 1 unspecified atom stereocenters. The Morgan fingerprint density at radius 1 is 1.38 bits per heavy atom. The van der Waals surface area contributed by atoms with E-state index in [1.807, 2.05) is 24.3 Å². The fraction of sp³-hybridized carbons (Fsp3) is 0.273. The van der Waals surface area contributed by atoms with Gasteiger partial charge in [0.2, 0.25) is 0 Å². The molecule has 0 radical (unpaired) electrons. The first-order valence-electron chi connectivity index (χ1n) is 4.26. The number of benzene rings is 1. The molecule has 13 heavy (non-hydrogen) atoms. The first-order valence-corrected chi connectivity index (χ1v) is 4.90. The van der Waals surface area contributed by atoms with Gasteiger partial charge in [0, 0.05) is 5.75 Å². The molecule has 0 spiro atoms. The molecule has 0 aliphatic heterocycles. The zero-order valence-corrected chi connectivity index (χ0v) is 8.37. The minimum Gasteiger partial charge on any atom is -0.388 e. The Hall–Kier alpha value is -0.730. The molecule has 0 heterocycles. The molecule has 0 fully saturated rings. The Kier molecular flexibility index (Phi) is 4.06. The zero-order chi connectivity index (χ0) is 9.68. The molecular formula is C11H14OS. The molecule has 70 valence electrons. The number of hydrogen-bond acceptors (Lipinski definition) is 2. The molecule has 1 N–H and O–H groups in total. The van der Waals surface area contributed by atoms with E-state index in [0.717, 1.165) is 16.9 Å². The Labute approximate surface area is 84.5 Å².